The molecule has 0 bridgehead atoms. The highest BCUT2D eigenvalue weighted by atomic mass is 35.5. The molecule has 1 N–H and O–H groups in total. The molecule has 0 aromatic heterocycles. The lowest BCUT2D eigenvalue weighted by Gasteiger charge is -2.24. The number of amides is 1. The number of carbonyl (C=O) groups is 2. The maximum absolute atomic E-state index is 14.1. The number of aliphatic carboxylic acids is 1. The zero-order chi connectivity index (χ0) is 25.9. The van der Waals surface area contributed by atoms with Gasteiger partial charge in [0.15, 0.2) is 11.5 Å². The van der Waals surface area contributed by atoms with Gasteiger partial charge in [-0.1, -0.05) is 41.9 Å². The van der Waals surface area contributed by atoms with E-state index in [-0.39, 0.29) is 13.0 Å². The van der Waals surface area contributed by atoms with E-state index in [1.54, 1.807) is 30.3 Å². The van der Waals surface area contributed by atoms with Crippen LogP contribution in [0, 0.1) is 5.82 Å². The van der Waals surface area contributed by atoms with Gasteiger partial charge in [0.1, 0.15) is 18.0 Å². The molecule has 3 aromatic carbocycles. The topological polar surface area (TPSA) is 76.1 Å². The molecule has 4 rings (SSSR count). The van der Waals surface area contributed by atoms with Gasteiger partial charge in [-0.15, -0.1) is 0 Å². The van der Waals surface area contributed by atoms with Gasteiger partial charge < -0.3 is 19.5 Å². The number of hydrogen-bond acceptors (Lipinski definition) is 4. The molecule has 188 valence electrons. The van der Waals surface area contributed by atoms with Gasteiger partial charge in [0, 0.05) is 35.5 Å². The van der Waals surface area contributed by atoms with Crippen molar-refractivity contribution in [3.8, 4) is 11.5 Å². The van der Waals surface area contributed by atoms with Gasteiger partial charge in [0.25, 0.3) is 5.91 Å². The van der Waals surface area contributed by atoms with Gasteiger partial charge in [-0.05, 0) is 54.8 Å². The molecule has 8 heteroatoms. The van der Waals surface area contributed by atoms with E-state index in [1.165, 1.54) is 18.1 Å². The quantitative estimate of drug-likeness (QED) is 0.427. The maximum Gasteiger partial charge on any atom is 0.323 e. The van der Waals surface area contributed by atoms with Crippen LogP contribution in [0.5, 0.6) is 11.5 Å². The standard InChI is InChI=1S/C28H27ClFNO5/c1-28(15-18-7-9-22(29)10-8-18)16-21-13-20(14-24(35-2)26(21)36-28)27(34)31(17-25(32)33)12-11-19-5-3-4-6-23(19)30/h3-10,13-14H,11-12,15-17H2,1-2H3,(H,32,33). The Morgan fingerprint density at radius 1 is 1.17 bits per heavy atom. The van der Waals surface area contributed by atoms with Crippen LogP contribution < -0.4 is 9.47 Å². The van der Waals surface area contributed by atoms with Crippen molar-refractivity contribution in [3.63, 3.8) is 0 Å². The molecule has 1 unspecified atom stereocenters. The van der Waals surface area contributed by atoms with Crippen LogP contribution in [0.4, 0.5) is 4.39 Å². The van der Waals surface area contributed by atoms with Crippen molar-refractivity contribution in [1.29, 1.82) is 0 Å². The van der Waals surface area contributed by atoms with Crippen LogP contribution in [-0.4, -0.2) is 47.7 Å². The first kappa shape index (κ1) is 25.5. The smallest absolute Gasteiger partial charge is 0.323 e. The number of carboxylic acids is 1. The van der Waals surface area contributed by atoms with E-state index in [9.17, 15) is 19.1 Å². The molecule has 0 aliphatic carbocycles. The fourth-order valence-corrected chi connectivity index (χ4v) is 4.68. The predicted octanol–water partition coefficient (Wildman–Crippen LogP) is 5.19. The second kappa shape index (κ2) is 10.6. The fraction of sp³-hybridized carbons (Fsp3) is 0.286. The van der Waals surface area contributed by atoms with Crippen molar-refractivity contribution >= 4 is 23.5 Å². The Labute approximate surface area is 214 Å². The summed E-state index contributed by atoms with van der Waals surface area (Å²) in [5.41, 5.74) is 2.01. The normalized spacial score (nSPS) is 16.2. The minimum atomic E-state index is -1.15. The molecule has 0 saturated heterocycles. The molecule has 1 aliphatic rings. The van der Waals surface area contributed by atoms with Crippen LogP contribution in [0.15, 0.2) is 60.7 Å². The van der Waals surface area contributed by atoms with Gasteiger partial charge in [0.05, 0.1) is 7.11 Å². The van der Waals surface area contributed by atoms with Crippen LogP contribution in [0.1, 0.15) is 34.0 Å². The number of hydrogen-bond donors (Lipinski definition) is 1. The lowest BCUT2D eigenvalue weighted by atomic mass is 9.91. The van der Waals surface area contributed by atoms with Gasteiger partial charge in [-0.3, -0.25) is 9.59 Å². The SMILES string of the molecule is COc1cc(C(=O)N(CCc2ccccc2F)CC(=O)O)cc2c1OC(C)(Cc1ccc(Cl)cc1)C2. The van der Waals surface area contributed by atoms with Crippen LogP contribution in [0.3, 0.4) is 0 Å². The van der Waals surface area contributed by atoms with Crippen molar-refractivity contribution in [1.82, 2.24) is 4.90 Å². The van der Waals surface area contributed by atoms with Crippen molar-refractivity contribution in [2.24, 2.45) is 0 Å². The first-order valence-corrected chi connectivity index (χ1v) is 11.9. The highest BCUT2D eigenvalue weighted by Crippen LogP contribution is 2.44. The monoisotopic (exact) mass is 511 g/mol. The summed E-state index contributed by atoms with van der Waals surface area (Å²) in [5.74, 6) is -1.04. The van der Waals surface area contributed by atoms with E-state index >= 15 is 0 Å². The van der Waals surface area contributed by atoms with E-state index < -0.39 is 29.8 Å². The summed E-state index contributed by atoms with van der Waals surface area (Å²) in [5, 5.41) is 10.0. The Kier molecular flexibility index (Phi) is 7.50. The Morgan fingerprint density at radius 3 is 2.56 bits per heavy atom. The van der Waals surface area contributed by atoms with Gasteiger partial charge in [0.2, 0.25) is 0 Å². The molecule has 0 spiro atoms. The summed E-state index contributed by atoms with van der Waals surface area (Å²) < 4.78 is 25.9. The molecule has 0 saturated carbocycles. The molecule has 6 nitrogen and oxygen atoms in total. The Morgan fingerprint density at radius 2 is 1.89 bits per heavy atom. The van der Waals surface area contributed by atoms with E-state index in [1.807, 2.05) is 31.2 Å². The number of methoxy groups -OCH3 is 1. The summed E-state index contributed by atoms with van der Waals surface area (Å²) in [6.45, 7) is 1.54. The Bertz CT molecular complexity index is 1280. The third kappa shape index (κ3) is 5.79. The Hall–Kier alpha value is -3.58. The van der Waals surface area contributed by atoms with Gasteiger partial charge in [-0.2, -0.15) is 0 Å². The first-order valence-electron chi connectivity index (χ1n) is 11.6. The largest absolute Gasteiger partial charge is 0.493 e. The number of carbonyl (C=O) groups excluding carboxylic acids is 1. The molecule has 0 radical (unpaired) electrons. The summed E-state index contributed by atoms with van der Waals surface area (Å²) in [6, 6.07) is 17.1. The molecule has 0 fully saturated rings. The first-order chi connectivity index (χ1) is 17.2. The fourth-order valence-electron chi connectivity index (χ4n) is 4.55. The van der Waals surface area contributed by atoms with Crippen LogP contribution in [0.25, 0.3) is 0 Å². The lowest BCUT2D eigenvalue weighted by Crippen LogP contribution is -2.37. The maximum atomic E-state index is 14.1. The van der Waals surface area contributed by atoms with Crippen LogP contribution in [0.2, 0.25) is 5.02 Å². The second-order valence-corrected chi connectivity index (χ2v) is 9.60. The molecule has 3 aromatic rings. The highest BCUT2D eigenvalue weighted by Gasteiger charge is 2.38. The number of rotatable bonds is 9. The zero-order valence-electron chi connectivity index (χ0n) is 20.1. The number of fused-ring (bicyclic) bond motifs is 1. The molecule has 1 amide bonds. The molecule has 1 atom stereocenters. The molecular formula is C28H27ClFNO5. The number of carboxylic acid groups (broad SMARTS) is 1. The minimum Gasteiger partial charge on any atom is -0.493 e. The summed E-state index contributed by atoms with van der Waals surface area (Å²) >= 11 is 6.01. The lowest BCUT2D eigenvalue weighted by molar-refractivity contribution is -0.137. The van der Waals surface area contributed by atoms with Crippen molar-refractivity contribution < 1.29 is 28.6 Å². The number of benzene rings is 3. The Balaban J connectivity index is 1.57. The molecular weight excluding hydrogens is 485 g/mol. The number of halogens is 2. The van der Waals surface area contributed by atoms with Crippen LogP contribution >= 0.6 is 11.6 Å². The summed E-state index contributed by atoms with van der Waals surface area (Å²) in [4.78, 5) is 26.1. The minimum absolute atomic E-state index is 0.0518. The van der Waals surface area contributed by atoms with E-state index in [0.29, 0.717) is 40.5 Å². The van der Waals surface area contributed by atoms with Gasteiger partial charge in [-0.25, -0.2) is 4.39 Å². The summed E-state index contributed by atoms with van der Waals surface area (Å²) in [6.07, 6.45) is 1.35. The average Bonchev–Trinajstić information content (AvgIpc) is 3.18. The number of nitrogens with zero attached hydrogens (tertiary/aromatic N) is 1. The van der Waals surface area contributed by atoms with Crippen molar-refractivity contribution in [2.75, 3.05) is 20.2 Å². The number of ether oxygens (including phenoxy) is 2. The molecule has 36 heavy (non-hydrogen) atoms. The third-order valence-electron chi connectivity index (χ3n) is 6.23. The third-order valence-corrected chi connectivity index (χ3v) is 6.48. The highest BCUT2D eigenvalue weighted by molar-refractivity contribution is 6.30. The zero-order valence-corrected chi connectivity index (χ0v) is 20.8. The predicted molar refractivity (Wildman–Crippen MR) is 135 cm³/mol. The van der Waals surface area contributed by atoms with Gasteiger partial charge >= 0.3 is 5.97 Å². The molecule has 1 heterocycles. The molecule has 1 aliphatic heterocycles. The van der Waals surface area contributed by atoms with E-state index in [4.69, 9.17) is 21.1 Å². The average molecular weight is 512 g/mol. The van der Waals surface area contributed by atoms with E-state index in [0.717, 1.165) is 11.1 Å². The second-order valence-electron chi connectivity index (χ2n) is 9.16. The van der Waals surface area contributed by atoms with Crippen molar-refractivity contribution in [2.45, 2.75) is 31.8 Å². The van der Waals surface area contributed by atoms with E-state index in [2.05, 4.69) is 0 Å². The van der Waals surface area contributed by atoms with Crippen LogP contribution in [-0.2, 0) is 24.1 Å². The summed E-state index contributed by atoms with van der Waals surface area (Å²) in [7, 11) is 1.50. The van der Waals surface area contributed by atoms with Crippen molar-refractivity contribution in [3.05, 3.63) is 93.8 Å².